The van der Waals surface area contributed by atoms with Crippen LogP contribution < -0.4 is 10.6 Å². The quantitative estimate of drug-likeness (QED) is 0.866. The summed E-state index contributed by atoms with van der Waals surface area (Å²) in [5.74, 6) is -0.0261. The minimum Gasteiger partial charge on any atom is -0.384 e. The summed E-state index contributed by atoms with van der Waals surface area (Å²) in [6, 6.07) is 7.68. The highest BCUT2D eigenvalue weighted by molar-refractivity contribution is 5.95. The van der Waals surface area contributed by atoms with Crippen LogP contribution in [0.5, 0.6) is 0 Å². The number of fused-ring (bicyclic) bond motifs is 1. The van der Waals surface area contributed by atoms with Crippen LogP contribution in [-0.2, 0) is 13.0 Å². The average molecular weight is 256 g/mol. The number of hydrogen-bond acceptors (Lipinski definition) is 3. The van der Waals surface area contributed by atoms with E-state index in [4.69, 9.17) is 0 Å². The molecule has 19 heavy (non-hydrogen) atoms. The third-order valence-electron chi connectivity index (χ3n) is 3.26. The summed E-state index contributed by atoms with van der Waals surface area (Å²) in [6.45, 7) is 2.22. The number of amides is 1. The number of aromatic nitrogens is 2. The largest absolute Gasteiger partial charge is 0.384 e. The van der Waals surface area contributed by atoms with Crippen molar-refractivity contribution in [1.29, 1.82) is 0 Å². The SMILES string of the molecule is O=C(NCCn1cccn1)c1ccc2c(c1)CCN2. The fourth-order valence-corrected chi connectivity index (χ4v) is 2.26. The summed E-state index contributed by atoms with van der Waals surface area (Å²) in [7, 11) is 0. The molecule has 2 heterocycles. The first kappa shape index (κ1) is 11.8. The Morgan fingerprint density at radius 2 is 2.42 bits per heavy atom. The second-order valence-electron chi connectivity index (χ2n) is 4.57. The van der Waals surface area contributed by atoms with E-state index in [2.05, 4.69) is 15.7 Å². The number of hydrogen-bond donors (Lipinski definition) is 2. The van der Waals surface area contributed by atoms with Gasteiger partial charge in [0.2, 0.25) is 0 Å². The smallest absolute Gasteiger partial charge is 0.251 e. The highest BCUT2D eigenvalue weighted by atomic mass is 16.1. The molecule has 0 fully saturated rings. The molecule has 3 rings (SSSR count). The van der Waals surface area contributed by atoms with Crippen LogP contribution in [0.4, 0.5) is 5.69 Å². The summed E-state index contributed by atoms with van der Waals surface area (Å²) in [5.41, 5.74) is 3.09. The molecule has 0 unspecified atom stereocenters. The monoisotopic (exact) mass is 256 g/mol. The van der Waals surface area contributed by atoms with Crippen molar-refractivity contribution in [3.05, 3.63) is 47.8 Å². The Kier molecular flexibility index (Phi) is 3.18. The zero-order chi connectivity index (χ0) is 13.1. The minimum absolute atomic E-state index is 0.0261. The first-order valence-electron chi connectivity index (χ1n) is 6.45. The van der Waals surface area contributed by atoms with Crippen molar-refractivity contribution in [2.75, 3.05) is 18.4 Å². The van der Waals surface area contributed by atoms with Crippen LogP contribution in [-0.4, -0.2) is 28.8 Å². The van der Waals surface area contributed by atoms with Gasteiger partial charge in [0, 0.05) is 36.7 Å². The van der Waals surface area contributed by atoms with Crippen LogP contribution in [0.25, 0.3) is 0 Å². The zero-order valence-corrected chi connectivity index (χ0v) is 10.6. The van der Waals surface area contributed by atoms with Crippen molar-refractivity contribution in [3.8, 4) is 0 Å². The summed E-state index contributed by atoms with van der Waals surface area (Å²) in [5, 5.41) is 10.3. The molecule has 0 bridgehead atoms. The van der Waals surface area contributed by atoms with Gasteiger partial charge in [-0.3, -0.25) is 9.48 Å². The number of nitrogens with one attached hydrogen (secondary N) is 2. The van der Waals surface area contributed by atoms with Crippen molar-refractivity contribution in [3.63, 3.8) is 0 Å². The Balaban J connectivity index is 1.58. The molecule has 0 aliphatic carbocycles. The Hall–Kier alpha value is -2.30. The standard InChI is InChI=1S/C14H16N4O/c19-14(16-7-9-18-8-1-5-17-18)12-2-3-13-11(10-12)4-6-15-13/h1-3,5,8,10,15H,4,6-7,9H2,(H,16,19). The second-order valence-corrected chi connectivity index (χ2v) is 4.57. The van der Waals surface area contributed by atoms with Gasteiger partial charge in [-0.2, -0.15) is 5.10 Å². The molecule has 1 amide bonds. The Morgan fingerprint density at radius 1 is 1.47 bits per heavy atom. The topological polar surface area (TPSA) is 59.0 Å². The maximum absolute atomic E-state index is 12.0. The van der Waals surface area contributed by atoms with E-state index < -0.39 is 0 Å². The Labute approximate surface area is 111 Å². The van der Waals surface area contributed by atoms with Crippen LogP contribution in [0, 0.1) is 0 Å². The van der Waals surface area contributed by atoms with Crippen LogP contribution >= 0.6 is 0 Å². The van der Waals surface area contributed by atoms with Crippen molar-refractivity contribution in [1.82, 2.24) is 15.1 Å². The molecule has 0 saturated carbocycles. The van der Waals surface area contributed by atoms with Gasteiger partial charge in [0.25, 0.3) is 5.91 Å². The lowest BCUT2D eigenvalue weighted by Crippen LogP contribution is -2.27. The summed E-state index contributed by atoms with van der Waals surface area (Å²) in [4.78, 5) is 12.0. The molecule has 2 aromatic rings. The van der Waals surface area contributed by atoms with E-state index in [0.717, 1.165) is 24.2 Å². The van der Waals surface area contributed by atoms with E-state index in [1.165, 1.54) is 5.56 Å². The molecule has 0 spiro atoms. The second kappa shape index (κ2) is 5.14. The zero-order valence-electron chi connectivity index (χ0n) is 10.6. The average Bonchev–Trinajstić information content (AvgIpc) is 3.08. The van der Waals surface area contributed by atoms with Crippen molar-refractivity contribution < 1.29 is 4.79 Å². The third-order valence-corrected chi connectivity index (χ3v) is 3.26. The molecule has 1 aliphatic rings. The molecular formula is C14H16N4O. The molecular weight excluding hydrogens is 240 g/mol. The molecule has 0 radical (unpaired) electrons. The maximum Gasteiger partial charge on any atom is 0.251 e. The summed E-state index contributed by atoms with van der Waals surface area (Å²) in [6.07, 6.45) is 4.60. The van der Waals surface area contributed by atoms with Crippen LogP contribution in [0.15, 0.2) is 36.7 Å². The van der Waals surface area contributed by atoms with Gasteiger partial charge >= 0.3 is 0 Å². The fraction of sp³-hybridized carbons (Fsp3) is 0.286. The Bertz CT molecular complexity index is 577. The van der Waals surface area contributed by atoms with E-state index >= 15 is 0 Å². The number of anilines is 1. The van der Waals surface area contributed by atoms with Crippen LogP contribution in [0.3, 0.4) is 0 Å². The van der Waals surface area contributed by atoms with Crippen molar-refractivity contribution >= 4 is 11.6 Å². The molecule has 5 heteroatoms. The third kappa shape index (κ3) is 2.59. The van der Waals surface area contributed by atoms with Gasteiger partial charge < -0.3 is 10.6 Å². The van der Waals surface area contributed by atoms with Gasteiger partial charge in [0.1, 0.15) is 0 Å². The van der Waals surface area contributed by atoms with Gasteiger partial charge in [-0.25, -0.2) is 0 Å². The van der Waals surface area contributed by atoms with Gasteiger partial charge in [0.15, 0.2) is 0 Å². The van der Waals surface area contributed by atoms with Gasteiger partial charge in [-0.1, -0.05) is 0 Å². The maximum atomic E-state index is 12.0. The molecule has 2 N–H and O–H groups in total. The highest BCUT2D eigenvalue weighted by Gasteiger charge is 2.12. The van der Waals surface area contributed by atoms with Gasteiger partial charge in [-0.15, -0.1) is 0 Å². The molecule has 98 valence electrons. The molecule has 1 aromatic carbocycles. The molecule has 0 atom stereocenters. The van der Waals surface area contributed by atoms with Crippen molar-refractivity contribution in [2.24, 2.45) is 0 Å². The number of carbonyl (C=O) groups is 1. The Morgan fingerprint density at radius 3 is 3.26 bits per heavy atom. The normalized spacial score (nSPS) is 12.8. The molecule has 5 nitrogen and oxygen atoms in total. The lowest BCUT2D eigenvalue weighted by molar-refractivity contribution is 0.0952. The van der Waals surface area contributed by atoms with E-state index in [9.17, 15) is 4.79 Å². The van der Waals surface area contributed by atoms with E-state index in [0.29, 0.717) is 13.1 Å². The van der Waals surface area contributed by atoms with Gasteiger partial charge in [0.05, 0.1) is 6.54 Å². The molecule has 1 aromatic heterocycles. The highest BCUT2D eigenvalue weighted by Crippen LogP contribution is 2.22. The first-order chi connectivity index (χ1) is 9.33. The summed E-state index contributed by atoms with van der Waals surface area (Å²) >= 11 is 0. The first-order valence-corrected chi connectivity index (χ1v) is 6.45. The number of rotatable bonds is 4. The molecule has 1 aliphatic heterocycles. The van der Waals surface area contributed by atoms with E-state index in [-0.39, 0.29) is 5.91 Å². The lowest BCUT2D eigenvalue weighted by atomic mass is 10.1. The van der Waals surface area contributed by atoms with Gasteiger partial charge in [-0.05, 0) is 36.2 Å². The van der Waals surface area contributed by atoms with Crippen LogP contribution in [0.2, 0.25) is 0 Å². The van der Waals surface area contributed by atoms with Crippen LogP contribution in [0.1, 0.15) is 15.9 Å². The lowest BCUT2D eigenvalue weighted by Gasteiger charge is -2.07. The predicted octanol–water partition coefficient (Wildman–Crippen LogP) is 1.28. The number of nitrogens with zero attached hydrogens (tertiary/aromatic N) is 2. The summed E-state index contributed by atoms with van der Waals surface area (Å²) < 4.78 is 1.80. The number of benzene rings is 1. The number of carbonyl (C=O) groups excluding carboxylic acids is 1. The fourth-order valence-electron chi connectivity index (χ4n) is 2.26. The minimum atomic E-state index is -0.0261. The van der Waals surface area contributed by atoms with Crippen molar-refractivity contribution in [2.45, 2.75) is 13.0 Å². The van der Waals surface area contributed by atoms with E-state index in [1.54, 1.807) is 10.9 Å². The van der Waals surface area contributed by atoms with E-state index in [1.807, 2.05) is 30.5 Å². The predicted molar refractivity (Wildman–Crippen MR) is 73.2 cm³/mol. The molecule has 0 saturated heterocycles.